The summed E-state index contributed by atoms with van der Waals surface area (Å²) in [5.74, 6) is 5.38. The van der Waals surface area contributed by atoms with Crippen molar-refractivity contribution in [1.82, 2.24) is 5.43 Å². The lowest BCUT2D eigenvalue weighted by molar-refractivity contribution is 0.472. The van der Waals surface area contributed by atoms with Crippen molar-refractivity contribution in [2.24, 2.45) is 5.84 Å². The maximum Gasteiger partial charge on any atom is 0.123 e. The molecular weight excluding hydrogens is 251 g/mol. The SMILES string of the molecule is CCCCCCCCCCC(NN)c1cccc(F)c1. The second-order valence-electron chi connectivity index (χ2n) is 5.54. The zero-order chi connectivity index (χ0) is 14.6. The van der Waals surface area contributed by atoms with Crippen molar-refractivity contribution in [3.05, 3.63) is 35.6 Å². The molecule has 0 spiro atoms. The lowest BCUT2D eigenvalue weighted by atomic mass is 10.00. The van der Waals surface area contributed by atoms with Gasteiger partial charge < -0.3 is 0 Å². The van der Waals surface area contributed by atoms with E-state index in [0.717, 1.165) is 18.4 Å². The van der Waals surface area contributed by atoms with Gasteiger partial charge in [-0.15, -0.1) is 0 Å². The molecular formula is C17H29FN2. The van der Waals surface area contributed by atoms with Crippen LogP contribution in [0.3, 0.4) is 0 Å². The topological polar surface area (TPSA) is 38.0 Å². The van der Waals surface area contributed by atoms with Gasteiger partial charge in [0.05, 0.1) is 0 Å². The van der Waals surface area contributed by atoms with Crippen LogP contribution in [0.4, 0.5) is 4.39 Å². The molecule has 0 aliphatic heterocycles. The molecule has 0 saturated carbocycles. The zero-order valence-electron chi connectivity index (χ0n) is 12.7. The molecule has 114 valence electrons. The normalized spacial score (nSPS) is 12.6. The van der Waals surface area contributed by atoms with Gasteiger partial charge in [0, 0.05) is 6.04 Å². The Morgan fingerprint density at radius 3 is 2.30 bits per heavy atom. The Morgan fingerprint density at radius 1 is 1.05 bits per heavy atom. The van der Waals surface area contributed by atoms with E-state index < -0.39 is 0 Å². The van der Waals surface area contributed by atoms with Crippen molar-refractivity contribution in [3.8, 4) is 0 Å². The predicted molar refractivity (Wildman–Crippen MR) is 83.7 cm³/mol. The molecule has 1 rings (SSSR count). The van der Waals surface area contributed by atoms with Crippen molar-refractivity contribution >= 4 is 0 Å². The standard InChI is InChI=1S/C17H29FN2/c1-2-3-4-5-6-7-8-9-13-17(20-19)15-11-10-12-16(18)14-15/h10-12,14,17,20H,2-9,13,19H2,1H3. The van der Waals surface area contributed by atoms with Gasteiger partial charge in [-0.1, -0.05) is 70.4 Å². The van der Waals surface area contributed by atoms with Crippen LogP contribution >= 0.6 is 0 Å². The summed E-state index contributed by atoms with van der Waals surface area (Å²) in [6.07, 6.45) is 11.4. The first-order valence-corrected chi connectivity index (χ1v) is 7.99. The molecule has 0 bridgehead atoms. The molecule has 1 aromatic rings. The molecule has 3 heteroatoms. The van der Waals surface area contributed by atoms with E-state index >= 15 is 0 Å². The summed E-state index contributed by atoms with van der Waals surface area (Å²) in [5, 5.41) is 0. The van der Waals surface area contributed by atoms with Crippen LogP contribution in [0.2, 0.25) is 0 Å². The first kappa shape index (κ1) is 17.1. The van der Waals surface area contributed by atoms with Crippen LogP contribution in [0, 0.1) is 5.82 Å². The van der Waals surface area contributed by atoms with Crippen LogP contribution in [-0.2, 0) is 0 Å². The van der Waals surface area contributed by atoms with Crippen LogP contribution < -0.4 is 11.3 Å². The molecule has 0 saturated heterocycles. The third-order valence-electron chi connectivity index (χ3n) is 3.80. The number of hydrogen-bond acceptors (Lipinski definition) is 2. The Balaban J connectivity index is 2.16. The molecule has 1 atom stereocenters. The number of rotatable bonds is 11. The summed E-state index contributed by atoms with van der Waals surface area (Å²) in [6.45, 7) is 2.24. The highest BCUT2D eigenvalue weighted by Gasteiger charge is 2.09. The lowest BCUT2D eigenvalue weighted by Gasteiger charge is -2.16. The van der Waals surface area contributed by atoms with Gasteiger partial charge in [0.15, 0.2) is 0 Å². The number of nitrogens with one attached hydrogen (secondary N) is 1. The number of nitrogens with two attached hydrogens (primary N) is 1. The summed E-state index contributed by atoms with van der Waals surface area (Å²) in [6, 6.07) is 6.76. The van der Waals surface area contributed by atoms with Crippen LogP contribution in [-0.4, -0.2) is 0 Å². The van der Waals surface area contributed by atoms with E-state index in [0.29, 0.717) is 0 Å². The van der Waals surface area contributed by atoms with E-state index in [9.17, 15) is 4.39 Å². The summed E-state index contributed by atoms with van der Waals surface area (Å²) in [4.78, 5) is 0. The Bertz CT molecular complexity index is 355. The van der Waals surface area contributed by atoms with Crippen molar-refractivity contribution < 1.29 is 4.39 Å². The first-order chi connectivity index (χ1) is 9.77. The van der Waals surface area contributed by atoms with Gasteiger partial charge >= 0.3 is 0 Å². The molecule has 0 aromatic heterocycles. The quantitative estimate of drug-likeness (QED) is 0.345. The first-order valence-electron chi connectivity index (χ1n) is 7.99. The summed E-state index contributed by atoms with van der Waals surface area (Å²) < 4.78 is 13.2. The van der Waals surface area contributed by atoms with Gasteiger partial charge in [-0.05, 0) is 24.1 Å². The van der Waals surface area contributed by atoms with E-state index in [1.807, 2.05) is 6.07 Å². The molecule has 3 N–H and O–H groups in total. The summed E-state index contributed by atoms with van der Waals surface area (Å²) in [7, 11) is 0. The van der Waals surface area contributed by atoms with Crippen LogP contribution in [0.15, 0.2) is 24.3 Å². The molecule has 20 heavy (non-hydrogen) atoms. The Morgan fingerprint density at radius 2 is 1.70 bits per heavy atom. The van der Waals surface area contributed by atoms with Crippen LogP contribution in [0.25, 0.3) is 0 Å². The maximum absolute atomic E-state index is 13.2. The highest BCUT2D eigenvalue weighted by Crippen LogP contribution is 2.20. The lowest BCUT2D eigenvalue weighted by Crippen LogP contribution is -2.28. The minimum atomic E-state index is -0.196. The minimum Gasteiger partial charge on any atom is -0.271 e. The molecule has 1 aromatic carbocycles. The Labute approximate surface area is 122 Å². The number of halogens is 1. The van der Waals surface area contributed by atoms with Gasteiger partial charge in [0.25, 0.3) is 0 Å². The third-order valence-corrected chi connectivity index (χ3v) is 3.80. The van der Waals surface area contributed by atoms with Gasteiger partial charge in [-0.25, -0.2) is 4.39 Å². The number of unbranched alkanes of at least 4 members (excludes halogenated alkanes) is 7. The highest BCUT2D eigenvalue weighted by molar-refractivity contribution is 5.19. The summed E-state index contributed by atoms with van der Waals surface area (Å²) >= 11 is 0. The highest BCUT2D eigenvalue weighted by atomic mass is 19.1. The smallest absolute Gasteiger partial charge is 0.123 e. The second kappa shape index (κ2) is 10.8. The average molecular weight is 280 g/mol. The number of hydrazine groups is 1. The van der Waals surface area contributed by atoms with Gasteiger partial charge in [0.1, 0.15) is 5.82 Å². The summed E-state index contributed by atoms with van der Waals surface area (Å²) in [5.41, 5.74) is 3.74. The molecule has 0 heterocycles. The van der Waals surface area contributed by atoms with E-state index in [1.54, 1.807) is 12.1 Å². The third kappa shape index (κ3) is 7.01. The number of benzene rings is 1. The molecule has 0 fully saturated rings. The Hall–Kier alpha value is -0.930. The van der Waals surface area contributed by atoms with Gasteiger partial charge in [0.2, 0.25) is 0 Å². The minimum absolute atomic E-state index is 0.0609. The molecule has 0 aliphatic rings. The molecule has 0 radical (unpaired) electrons. The van der Waals surface area contributed by atoms with E-state index in [1.165, 1.54) is 51.0 Å². The fourth-order valence-corrected chi connectivity index (χ4v) is 2.55. The monoisotopic (exact) mass is 280 g/mol. The zero-order valence-corrected chi connectivity index (χ0v) is 12.7. The fraction of sp³-hybridized carbons (Fsp3) is 0.647. The van der Waals surface area contributed by atoms with Crippen molar-refractivity contribution in [1.29, 1.82) is 0 Å². The molecule has 0 amide bonds. The van der Waals surface area contributed by atoms with Crippen molar-refractivity contribution in [3.63, 3.8) is 0 Å². The molecule has 0 aliphatic carbocycles. The van der Waals surface area contributed by atoms with E-state index in [-0.39, 0.29) is 11.9 Å². The van der Waals surface area contributed by atoms with Crippen molar-refractivity contribution in [2.45, 2.75) is 70.8 Å². The Kier molecular flexibility index (Phi) is 9.25. The maximum atomic E-state index is 13.2. The van der Waals surface area contributed by atoms with Crippen LogP contribution in [0.5, 0.6) is 0 Å². The fourth-order valence-electron chi connectivity index (χ4n) is 2.55. The molecule has 2 nitrogen and oxygen atoms in total. The van der Waals surface area contributed by atoms with Gasteiger partial charge in [-0.3, -0.25) is 11.3 Å². The van der Waals surface area contributed by atoms with E-state index in [4.69, 9.17) is 5.84 Å². The average Bonchev–Trinajstić information content (AvgIpc) is 2.46. The predicted octanol–water partition coefficient (Wildman–Crippen LogP) is 4.86. The van der Waals surface area contributed by atoms with E-state index in [2.05, 4.69) is 12.3 Å². The second-order valence-corrected chi connectivity index (χ2v) is 5.54. The van der Waals surface area contributed by atoms with Crippen LogP contribution in [0.1, 0.15) is 76.3 Å². The molecule has 1 unspecified atom stereocenters. The number of hydrogen-bond donors (Lipinski definition) is 2. The van der Waals surface area contributed by atoms with Crippen molar-refractivity contribution in [2.75, 3.05) is 0 Å². The van der Waals surface area contributed by atoms with Gasteiger partial charge in [-0.2, -0.15) is 0 Å². The largest absolute Gasteiger partial charge is 0.271 e.